The predicted molar refractivity (Wildman–Crippen MR) is 80.7 cm³/mol. The van der Waals surface area contributed by atoms with E-state index in [1.807, 2.05) is 12.1 Å². The quantitative estimate of drug-likeness (QED) is 0.923. The van der Waals surface area contributed by atoms with Crippen molar-refractivity contribution in [1.82, 2.24) is 5.32 Å². The molecule has 3 heteroatoms. The van der Waals surface area contributed by atoms with Crippen LogP contribution in [0.1, 0.15) is 17.2 Å². The Balaban J connectivity index is 1.79. The van der Waals surface area contributed by atoms with Crippen LogP contribution in [0.4, 0.5) is 0 Å². The smallest absolute Gasteiger partial charge is 0.285 e. The van der Waals surface area contributed by atoms with Gasteiger partial charge < -0.3 is 10.1 Å². The van der Waals surface area contributed by atoms with Gasteiger partial charge >= 0.3 is 0 Å². The first kappa shape index (κ1) is 12.7. The Bertz CT molecular complexity index is 566. The third kappa shape index (κ3) is 3.18. The summed E-state index contributed by atoms with van der Waals surface area (Å²) in [5, 5.41) is 3.41. The molecule has 1 atom stereocenters. The molecule has 3 rings (SSSR count). The van der Waals surface area contributed by atoms with Crippen molar-refractivity contribution in [3.8, 4) is 0 Å². The van der Waals surface area contributed by atoms with Crippen LogP contribution in [-0.2, 0) is 11.2 Å². The molecule has 0 saturated carbocycles. The Kier molecular flexibility index (Phi) is 3.97. The molecule has 0 spiro atoms. The Labute approximate surface area is 119 Å². The van der Waals surface area contributed by atoms with Crippen molar-refractivity contribution in [2.45, 2.75) is 12.5 Å². The van der Waals surface area contributed by atoms with Crippen LogP contribution in [0.3, 0.4) is 0 Å². The lowest BCUT2D eigenvalue weighted by Gasteiger charge is -2.20. The van der Waals surface area contributed by atoms with E-state index in [-0.39, 0.29) is 6.04 Å². The molecule has 1 aliphatic rings. The Morgan fingerprint density at radius 3 is 2.35 bits per heavy atom. The normalized spacial score (nSPS) is 15.3. The summed E-state index contributed by atoms with van der Waals surface area (Å²) in [6.45, 7) is 1.42. The number of nitrogens with zero attached hydrogens (tertiary/aromatic N) is 1. The fourth-order valence-corrected chi connectivity index (χ4v) is 2.36. The van der Waals surface area contributed by atoms with Gasteiger partial charge in [-0.2, -0.15) is 0 Å². The van der Waals surface area contributed by atoms with Crippen molar-refractivity contribution in [2.75, 3.05) is 13.2 Å². The van der Waals surface area contributed by atoms with Gasteiger partial charge in [0.1, 0.15) is 6.61 Å². The molecule has 0 aliphatic carbocycles. The minimum atomic E-state index is 0.176. The molecule has 2 aromatic rings. The van der Waals surface area contributed by atoms with E-state index in [2.05, 4.69) is 58.8 Å². The Morgan fingerprint density at radius 2 is 1.70 bits per heavy atom. The summed E-state index contributed by atoms with van der Waals surface area (Å²) >= 11 is 0. The highest BCUT2D eigenvalue weighted by Crippen LogP contribution is 2.18. The molecule has 0 radical (unpaired) electrons. The number of ether oxygens (including phenoxy) is 1. The minimum absolute atomic E-state index is 0.176. The maximum absolute atomic E-state index is 5.48. The molecular weight excluding hydrogens is 248 g/mol. The van der Waals surface area contributed by atoms with Crippen LogP contribution in [0.2, 0.25) is 0 Å². The summed E-state index contributed by atoms with van der Waals surface area (Å²) in [6, 6.07) is 21.7. The first-order valence-electron chi connectivity index (χ1n) is 6.94. The van der Waals surface area contributed by atoms with E-state index in [4.69, 9.17) is 4.74 Å². The second kappa shape index (κ2) is 6.24. The van der Waals surface area contributed by atoms with E-state index in [0.29, 0.717) is 12.6 Å². The van der Waals surface area contributed by atoms with Crippen molar-refractivity contribution >= 4 is 6.02 Å². The number of amidine groups is 1. The maximum atomic E-state index is 5.48. The van der Waals surface area contributed by atoms with E-state index in [1.165, 1.54) is 11.1 Å². The van der Waals surface area contributed by atoms with Gasteiger partial charge in [0.25, 0.3) is 6.02 Å². The van der Waals surface area contributed by atoms with Crippen molar-refractivity contribution in [3.05, 3.63) is 71.8 Å². The fourth-order valence-electron chi connectivity index (χ4n) is 2.36. The molecule has 2 aromatic carbocycles. The summed E-state index contributed by atoms with van der Waals surface area (Å²) in [5.41, 5.74) is 2.54. The monoisotopic (exact) mass is 266 g/mol. The molecular formula is C17H18N2O. The molecule has 1 N–H and O–H groups in total. The van der Waals surface area contributed by atoms with Crippen molar-refractivity contribution in [1.29, 1.82) is 0 Å². The van der Waals surface area contributed by atoms with Gasteiger partial charge in [-0.25, -0.2) is 4.99 Å². The molecule has 0 aromatic heterocycles. The highest BCUT2D eigenvalue weighted by molar-refractivity contribution is 5.75. The molecule has 1 aliphatic heterocycles. The van der Waals surface area contributed by atoms with Gasteiger partial charge in [0, 0.05) is 0 Å². The number of hydrogen-bond donors (Lipinski definition) is 1. The first-order valence-corrected chi connectivity index (χ1v) is 6.94. The summed E-state index contributed by atoms with van der Waals surface area (Å²) in [6.07, 6.45) is 0.910. The van der Waals surface area contributed by atoms with Crippen LogP contribution in [-0.4, -0.2) is 19.2 Å². The molecule has 0 amide bonds. The zero-order chi connectivity index (χ0) is 13.6. The summed E-state index contributed by atoms with van der Waals surface area (Å²) < 4.78 is 5.48. The number of aliphatic imine (C=N–C) groups is 1. The van der Waals surface area contributed by atoms with Crippen LogP contribution in [0.25, 0.3) is 0 Å². The SMILES string of the molecule is c1ccc(C[C@@H](NC2=NCCO2)c2ccccc2)cc1. The molecule has 1 heterocycles. The van der Waals surface area contributed by atoms with Crippen LogP contribution in [0.5, 0.6) is 0 Å². The first-order chi connectivity index (χ1) is 9.92. The van der Waals surface area contributed by atoms with Crippen molar-refractivity contribution in [2.24, 2.45) is 4.99 Å². The van der Waals surface area contributed by atoms with E-state index in [1.54, 1.807) is 0 Å². The van der Waals surface area contributed by atoms with Gasteiger partial charge in [-0.3, -0.25) is 0 Å². The molecule has 0 saturated heterocycles. The standard InChI is InChI=1S/C17H18N2O/c1-3-7-14(8-4-1)13-16(15-9-5-2-6-10-15)19-17-18-11-12-20-17/h1-10,16H,11-13H2,(H,18,19)/t16-/m1/s1. The van der Waals surface area contributed by atoms with E-state index in [9.17, 15) is 0 Å². The van der Waals surface area contributed by atoms with E-state index >= 15 is 0 Å². The van der Waals surface area contributed by atoms with Crippen LogP contribution < -0.4 is 5.32 Å². The van der Waals surface area contributed by atoms with E-state index in [0.717, 1.165) is 13.0 Å². The van der Waals surface area contributed by atoms with Crippen LogP contribution in [0.15, 0.2) is 65.7 Å². The molecule has 102 valence electrons. The Morgan fingerprint density at radius 1 is 1.00 bits per heavy atom. The predicted octanol–water partition coefficient (Wildman–Crippen LogP) is 2.95. The van der Waals surface area contributed by atoms with Gasteiger partial charge in [0.15, 0.2) is 0 Å². The molecule has 20 heavy (non-hydrogen) atoms. The number of nitrogens with one attached hydrogen (secondary N) is 1. The average molecular weight is 266 g/mol. The van der Waals surface area contributed by atoms with Crippen molar-refractivity contribution < 1.29 is 4.74 Å². The third-order valence-electron chi connectivity index (χ3n) is 3.37. The lowest BCUT2D eigenvalue weighted by molar-refractivity contribution is 0.325. The largest absolute Gasteiger partial charge is 0.463 e. The second-order valence-electron chi connectivity index (χ2n) is 4.83. The lowest BCUT2D eigenvalue weighted by atomic mass is 9.99. The number of hydrogen-bond acceptors (Lipinski definition) is 3. The van der Waals surface area contributed by atoms with E-state index < -0.39 is 0 Å². The molecule has 0 unspecified atom stereocenters. The highest BCUT2D eigenvalue weighted by Gasteiger charge is 2.16. The zero-order valence-electron chi connectivity index (χ0n) is 11.3. The fraction of sp³-hybridized carbons (Fsp3) is 0.235. The third-order valence-corrected chi connectivity index (χ3v) is 3.37. The minimum Gasteiger partial charge on any atom is -0.463 e. The van der Waals surface area contributed by atoms with Gasteiger partial charge in [-0.15, -0.1) is 0 Å². The average Bonchev–Trinajstić information content (AvgIpc) is 3.02. The highest BCUT2D eigenvalue weighted by atomic mass is 16.5. The maximum Gasteiger partial charge on any atom is 0.285 e. The lowest BCUT2D eigenvalue weighted by Crippen LogP contribution is -2.30. The van der Waals surface area contributed by atoms with Gasteiger partial charge in [-0.1, -0.05) is 60.7 Å². The molecule has 0 fully saturated rings. The zero-order valence-corrected chi connectivity index (χ0v) is 11.3. The van der Waals surface area contributed by atoms with Gasteiger partial charge in [0.05, 0.1) is 12.6 Å². The number of benzene rings is 2. The topological polar surface area (TPSA) is 33.6 Å². The number of rotatable bonds is 4. The van der Waals surface area contributed by atoms with Crippen LogP contribution >= 0.6 is 0 Å². The summed E-state index contributed by atoms with van der Waals surface area (Å²) in [5.74, 6) is 0. The van der Waals surface area contributed by atoms with Gasteiger partial charge in [0.2, 0.25) is 0 Å². The molecule has 0 bridgehead atoms. The summed E-state index contributed by atoms with van der Waals surface area (Å²) in [4.78, 5) is 4.33. The van der Waals surface area contributed by atoms with Gasteiger partial charge in [-0.05, 0) is 17.5 Å². The summed E-state index contributed by atoms with van der Waals surface area (Å²) in [7, 11) is 0. The van der Waals surface area contributed by atoms with Crippen molar-refractivity contribution in [3.63, 3.8) is 0 Å². The Hall–Kier alpha value is -2.29. The second-order valence-corrected chi connectivity index (χ2v) is 4.83. The molecule has 3 nitrogen and oxygen atoms in total. The van der Waals surface area contributed by atoms with Crippen LogP contribution in [0, 0.1) is 0 Å².